The number of fused-ring (bicyclic) bond motifs is 1. The van der Waals surface area contributed by atoms with Crippen molar-refractivity contribution in [3.63, 3.8) is 0 Å². The molecule has 0 spiro atoms. The van der Waals surface area contributed by atoms with Gasteiger partial charge in [0.25, 0.3) is 0 Å². The summed E-state index contributed by atoms with van der Waals surface area (Å²) in [5, 5.41) is 6.92. The molecular formula is C25H34IN3O4. The van der Waals surface area contributed by atoms with Crippen molar-refractivity contribution in [2.75, 3.05) is 51.9 Å². The summed E-state index contributed by atoms with van der Waals surface area (Å²) in [5.74, 6) is 3.17. The van der Waals surface area contributed by atoms with E-state index in [0.717, 1.165) is 67.9 Å². The monoisotopic (exact) mass is 567 g/mol. The number of hydrogen-bond donors (Lipinski definition) is 2. The molecule has 2 aromatic rings. The first-order chi connectivity index (χ1) is 15.7. The first-order valence-corrected chi connectivity index (χ1v) is 11.4. The van der Waals surface area contributed by atoms with Crippen LogP contribution >= 0.6 is 24.0 Å². The third-order valence-electron chi connectivity index (χ3n) is 6.06. The van der Waals surface area contributed by atoms with Crippen LogP contribution in [-0.2, 0) is 10.2 Å². The number of nitrogens with one attached hydrogen (secondary N) is 2. The molecular weight excluding hydrogens is 533 g/mol. The number of anilines is 1. The predicted octanol–water partition coefficient (Wildman–Crippen LogP) is 4.60. The molecule has 0 atom stereocenters. The fraction of sp³-hybridized carbons (Fsp3) is 0.480. The Morgan fingerprint density at radius 3 is 2.42 bits per heavy atom. The summed E-state index contributed by atoms with van der Waals surface area (Å²) in [6.07, 6.45) is 2.79. The van der Waals surface area contributed by atoms with E-state index in [4.69, 9.17) is 18.9 Å². The Morgan fingerprint density at radius 1 is 1.00 bits per heavy atom. The summed E-state index contributed by atoms with van der Waals surface area (Å²) in [4.78, 5) is 4.43. The van der Waals surface area contributed by atoms with Crippen molar-refractivity contribution in [2.45, 2.75) is 31.6 Å². The SMILES string of the molecule is CCOc1ccc(C2(CNC(=NC)Nc3ccc4c(c3)OCCCO4)CCOCC2)cc1.I. The normalized spacial score (nSPS) is 17.3. The molecule has 0 bridgehead atoms. The van der Waals surface area contributed by atoms with E-state index in [0.29, 0.717) is 19.8 Å². The van der Waals surface area contributed by atoms with Crippen LogP contribution in [0, 0.1) is 0 Å². The number of nitrogens with zero attached hydrogens (tertiary/aromatic N) is 1. The number of ether oxygens (including phenoxy) is 4. The second-order valence-corrected chi connectivity index (χ2v) is 8.11. The van der Waals surface area contributed by atoms with Crippen molar-refractivity contribution in [3.05, 3.63) is 48.0 Å². The number of benzene rings is 2. The Morgan fingerprint density at radius 2 is 1.73 bits per heavy atom. The van der Waals surface area contributed by atoms with E-state index in [2.05, 4.69) is 39.9 Å². The minimum atomic E-state index is -0.0225. The lowest BCUT2D eigenvalue weighted by atomic mass is 9.74. The average molecular weight is 567 g/mol. The van der Waals surface area contributed by atoms with Crippen molar-refractivity contribution in [1.82, 2.24) is 5.32 Å². The molecule has 0 unspecified atom stereocenters. The van der Waals surface area contributed by atoms with Crippen LogP contribution in [0.5, 0.6) is 17.2 Å². The molecule has 7 nitrogen and oxygen atoms in total. The van der Waals surface area contributed by atoms with E-state index >= 15 is 0 Å². The standard InChI is InChI=1S/C25H33N3O4.HI/c1-3-30-21-8-5-19(6-9-21)25(11-15-29-16-12-25)18-27-24(26-2)28-20-7-10-22-23(17-20)32-14-4-13-31-22;/h5-10,17H,3-4,11-16,18H2,1-2H3,(H2,26,27,28);1H. The van der Waals surface area contributed by atoms with Gasteiger partial charge in [-0.3, -0.25) is 4.99 Å². The van der Waals surface area contributed by atoms with Crippen LogP contribution < -0.4 is 24.8 Å². The lowest BCUT2D eigenvalue weighted by Gasteiger charge is -2.38. The fourth-order valence-electron chi connectivity index (χ4n) is 4.21. The summed E-state index contributed by atoms with van der Waals surface area (Å²) in [6, 6.07) is 14.4. The molecule has 8 heteroatoms. The maximum absolute atomic E-state index is 5.81. The average Bonchev–Trinajstić information content (AvgIpc) is 3.08. The summed E-state index contributed by atoms with van der Waals surface area (Å²) in [6.45, 7) is 6.28. The first-order valence-electron chi connectivity index (χ1n) is 11.4. The molecule has 2 aliphatic rings. The lowest BCUT2D eigenvalue weighted by molar-refractivity contribution is 0.0514. The molecule has 1 fully saturated rings. The first kappa shape index (κ1) is 25.4. The molecule has 0 amide bonds. The summed E-state index contributed by atoms with van der Waals surface area (Å²) in [7, 11) is 1.78. The third kappa shape index (κ3) is 6.44. The maximum atomic E-state index is 5.81. The van der Waals surface area contributed by atoms with Crippen molar-refractivity contribution in [1.29, 1.82) is 0 Å². The topological polar surface area (TPSA) is 73.3 Å². The maximum Gasteiger partial charge on any atom is 0.195 e. The van der Waals surface area contributed by atoms with Gasteiger partial charge in [-0.25, -0.2) is 0 Å². The number of hydrogen-bond acceptors (Lipinski definition) is 5. The van der Waals surface area contributed by atoms with Gasteiger partial charge in [-0.2, -0.15) is 0 Å². The van der Waals surface area contributed by atoms with Gasteiger partial charge in [0.2, 0.25) is 0 Å². The van der Waals surface area contributed by atoms with Crippen LogP contribution in [0.3, 0.4) is 0 Å². The van der Waals surface area contributed by atoms with Gasteiger partial charge in [-0.1, -0.05) is 12.1 Å². The highest BCUT2D eigenvalue weighted by Crippen LogP contribution is 2.35. The largest absolute Gasteiger partial charge is 0.494 e. The quantitative estimate of drug-likeness (QED) is 0.302. The van der Waals surface area contributed by atoms with Crippen LogP contribution in [0.2, 0.25) is 0 Å². The summed E-state index contributed by atoms with van der Waals surface area (Å²) < 4.78 is 22.8. The zero-order valence-electron chi connectivity index (χ0n) is 19.4. The molecule has 33 heavy (non-hydrogen) atoms. The van der Waals surface area contributed by atoms with Crippen molar-refractivity contribution >= 4 is 35.6 Å². The highest BCUT2D eigenvalue weighted by Gasteiger charge is 2.34. The number of guanidine groups is 1. The molecule has 2 aliphatic heterocycles. The molecule has 0 aliphatic carbocycles. The second-order valence-electron chi connectivity index (χ2n) is 8.11. The van der Waals surface area contributed by atoms with Gasteiger partial charge >= 0.3 is 0 Å². The Labute approximate surface area is 213 Å². The van der Waals surface area contributed by atoms with Gasteiger partial charge in [-0.05, 0) is 49.6 Å². The van der Waals surface area contributed by atoms with E-state index in [1.54, 1.807) is 7.05 Å². The Kier molecular flexibility index (Phi) is 9.49. The number of aliphatic imine (C=N–C) groups is 1. The highest BCUT2D eigenvalue weighted by atomic mass is 127. The number of halogens is 1. The zero-order valence-corrected chi connectivity index (χ0v) is 21.7. The number of rotatable bonds is 6. The van der Waals surface area contributed by atoms with E-state index in [-0.39, 0.29) is 29.4 Å². The van der Waals surface area contributed by atoms with Crippen molar-refractivity contribution in [3.8, 4) is 17.2 Å². The molecule has 2 aromatic carbocycles. The van der Waals surface area contributed by atoms with Gasteiger partial charge in [0.15, 0.2) is 17.5 Å². The minimum absolute atomic E-state index is 0. The van der Waals surface area contributed by atoms with E-state index in [9.17, 15) is 0 Å². The van der Waals surface area contributed by atoms with Gasteiger partial charge in [0, 0.05) is 50.4 Å². The summed E-state index contributed by atoms with van der Waals surface area (Å²) in [5.41, 5.74) is 2.18. The van der Waals surface area contributed by atoms with Gasteiger partial charge in [0.05, 0.1) is 19.8 Å². The molecule has 4 rings (SSSR count). The van der Waals surface area contributed by atoms with Gasteiger partial charge < -0.3 is 29.6 Å². The Bertz CT molecular complexity index is 914. The smallest absolute Gasteiger partial charge is 0.195 e. The molecule has 0 aromatic heterocycles. The Hall–Kier alpha value is -2.20. The van der Waals surface area contributed by atoms with Crippen molar-refractivity contribution < 1.29 is 18.9 Å². The molecule has 2 heterocycles. The van der Waals surface area contributed by atoms with Crippen molar-refractivity contribution in [2.24, 2.45) is 4.99 Å². The fourth-order valence-corrected chi connectivity index (χ4v) is 4.21. The molecule has 0 saturated carbocycles. The van der Waals surface area contributed by atoms with Crippen LogP contribution in [0.4, 0.5) is 5.69 Å². The van der Waals surface area contributed by atoms with Crippen LogP contribution in [0.25, 0.3) is 0 Å². The molecule has 2 N–H and O–H groups in total. The minimum Gasteiger partial charge on any atom is -0.494 e. The van der Waals surface area contributed by atoms with Gasteiger partial charge in [0.1, 0.15) is 5.75 Å². The highest BCUT2D eigenvalue weighted by molar-refractivity contribution is 14.0. The van der Waals surface area contributed by atoms with E-state index in [1.807, 2.05) is 25.1 Å². The van der Waals surface area contributed by atoms with Crippen LogP contribution in [0.1, 0.15) is 31.7 Å². The van der Waals surface area contributed by atoms with E-state index < -0.39 is 0 Å². The molecule has 180 valence electrons. The third-order valence-corrected chi connectivity index (χ3v) is 6.06. The van der Waals surface area contributed by atoms with Crippen LogP contribution in [0.15, 0.2) is 47.5 Å². The second kappa shape index (κ2) is 12.3. The predicted molar refractivity (Wildman–Crippen MR) is 142 cm³/mol. The summed E-state index contributed by atoms with van der Waals surface area (Å²) >= 11 is 0. The lowest BCUT2D eigenvalue weighted by Crippen LogP contribution is -2.46. The van der Waals surface area contributed by atoms with Gasteiger partial charge in [-0.15, -0.1) is 24.0 Å². The Balaban J connectivity index is 0.00000306. The molecule has 1 saturated heterocycles. The van der Waals surface area contributed by atoms with E-state index in [1.165, 1.54) is 5.56 Å². The molecule has 0 radical (unpaired) electrons. The zero-order chi connectivity index (χ0) is 22.2. The van der Waals surface area contributed by atoms with Crippen LogP contribution in [-0.4, -0.2) is 52.6 Å².